The molecular formula is C27H42N4O2. The second-order valence-corrected chi connectivity index (χ2v) is 11.3. The number of hydrogen-bond donors (Lipinski definition) is 0. The zero-order valence-corrected chi connectivity index (χ0v) is 20.8. The first-order chi connectivity index (χ1) is 15.9. The Morgan fingerprint density at radius 1 is 0.970 bits per heavy atom. The van der Waals surface area contributed by atoms with Gasteiger partial charge in [-0.2, -0.15) is 0 Å². The molecule has 2 unspecified atom stereocenters. The number of likely N-dealkylation sites (tertiary alicyclic amines) is 2. The smallest absolute Gasteiger partial charge is 0.320 e. The maximum atomic E-state index is 13.6. The molecule has 182 valence electrons. The molecule has 6 nitrogen and oxygen atoms in total. The number of carbonyl (C=O) groups excluding carboxylic acids is 1. The lowest BCUT2D eigenvalue weighted by molar-refractivity contribution is 0.110. The number of ether oxygens (including phenoxy) is 1. The third kappa shape index (κ3) is 4.68. The second-order valence-electron chi connectivity index (χ2n) is 11.3. The van der Waals surface area contributed by atoms with E-state index in [1.165, 1.54) is 38.0 Å². The molecule has 1 aromatic carbocycles. The van der Waals surface area contributed by atoms with Crippen LogP contribution in [0.2, 0.25) is 0 Å². The van der Waals surface area contributed by atoms with Crippen molar-refractivity contribution < 1.29 is 9.53 Å². The minimum Gasteiger partial charge on any atom is -0.494 e. The summed E-state index contributed by atoms with van der Waals surface area (Å²) in [6.45, 7) is 14.6. The van der Waals surface area contributed by atoms with Crippen molar-refractivity contribution in [2.75, 3.05) is 57.3 Å². The highest BCUT2D eigenvalue weighted by Crippen LogP contribution is 2.43. The van der Waals surface area contributed by atoms with Gasteiger partial charge in [-0.3, -0.25) is 0 Å². The summed E-state index contributed by atoms with van der Waals surface area (Å²) in [5.74, 6) is 1.44. The van der Waals surface area contributed by atoms with Crippen LogP contribution in [-0.2, 0) is 0 Å². The predicted octanol–water partition coefficient (Wildman–Crippen LogP) is 4.30. The molecule has 5 fully saturated rings. The average Bonchev–Trinajstić information content (AvgIpc) is 3.24. The minimum absolute atomic E-state index is 0.180. The molecule has 2 bridgehead atoms. The average molecular weight is 455 g/mol. The van der Waals surface area contributed by atoms with E-state index in [1.54, 1.807) is 0 Å². The van der Waals surface area contributed by atoms with Crippen molar-refractivity contribution >= 4 is 11.7 Å². The fraction of sp³-hybridized carbons (Fsp3) is 0.741. The number of benzene rings is 1. The highest BCUT2D eigenvalue weighted by molar-refractivity contribution is 5.75. The number of piperidine rings is 2. The zero-order chi connectivity index (χ0) is 23.0. The third-order valence-corrected chi connectivity index (χ3v) is 8.56. The van der Waals surface area contributed by atoms with Gasteiger partial charge in [0.05, 0.1) is 12.6 Å². The van der Waals surface area contributed by atoms with Crippen molar-refractivity contribution in [2.45, 2.75) is 65.0 Å². The van der Waals surface area contributed by atoms with Crippen molar-refractivity contribution in [1.29, 1.82) is 0 Å². The molecule has 33 heavy (non-hydrogen) atoms. The summed E-state index contributed by atoms with van der Waals surface area (Å²) in [6.07, 6.45) is 6.14. The van der Waals surface area contributed by atoms with Crippen LogP contribution in [0.1, 0.15) is 52.9 Å². The highest BCUT2D eigenvalue weighted by Gasteiger charge is 2.47. The number of amides is 2. The summed E-state index contributed by atoms with van der Waals surface area (Å²) in [6, 6.07) is 9.84. The van der Waals surface area contributed by atoms with Gasteiger partial charge in [0.15, 0.2) is 0 Å². The van der Waals surface area contributed by atoms with E-state index in [-0.39, 0.29) is 11.4 Å². The third-order valence-electron chi connectivity index (χ3n) is 8.56. The Balaban J connectivity index is 1.27. The molecule has 5 aliphatic rings. The first kappa shape index (κ1) is 22.8. The fourth-order valence-corrected chi connectivity index (χ4v) is 6.91. The summed E-state index contributed by atoms with van der Waals surface area (Å²) in [7, 11) is 0. The number of rotatable bonds is 4. The maximum Gasteiger partial charge on any atom is 0.320 e. The zero-order valence-electron chi connectivity index (χ0n) is 20.8. The Labute approximate surface area is 199 Å². The molecule has 5 heterocycles. The van der Waals surface area contributed by atoms with Crippen LogP contribution in [0.15, 0.2) is 24.3 Å². The number of anilines is 1. The molecule has 5 saturated heterocycles. The van der Waals surface area contributed by atoms with Gasteiger partial charge in [-0.25, -0.2) is 4.79 Å². The Hall–Kier alpha value is -1.95. The van der Waals surface area contributed by atoms with Crippen LogP contribution in [0.3, 0.4) is 0 Å². The van der Waals surface area contributed by atoms with Gasteiger partial charge in [-0.1, -0.05) is 13.8 Å². The first-order valence-corrected chi connectivity index (χ1v) is 13.2. The summed E-state index contributed by atoms with van der Waals surface area (Å²) in [5.41, 5.74) is 1.43. The van der Waals surface area contributed by atoms with E-state index in [0.717, 1.165) is 51.3 Å². The molecule has 2 atom stereocenters. The predicted molar refractivity (Wildman–Crippen MR) is 133 cm³/mol. The molecule has 0 aromatic heterocycles. The number of fused-ring (bicyclic) bond motifs is 4. The SMILES string of the molecule is CCOc1ccc(N2CC3CN(C(=O)N4CCC(N5CCCC5)CC4)CC2C(C)(C)C3)cc1. The van der Waals surface area contributed by atoms with Crippen molar-refractivity contribution in [3.63, 3.8) is 0 Å². The summed E-state index contributed by atoms with van der Waals surface area (Å²) in [4.78, 5) is 23.2. The summed E-state index contributed by atoms with van der Waals surface area (Å²) < 4.78 is 5.65. The molecule has 0 aliphatic carbocycles. The van der Waals surface area contributed by atoms with Crippen molar-refractivity contribution in [3.05, 3.63) is 24.3 Å². The molecule has 0 radical (unpaired) electrons. The monoisotopic (exact) mass is 454 g/mol. The molecule has 2 amide bonds. The molecule has 6 rings (SSSR count). The van der Waals surface area contributed by atoms with Gasteiger partial charge < -0.3 is 24.3 Å². The Morgan fingerprint density at radius 3 is 2.33 bits per heavy atom. The molecule has 6 heteroatoms. The van der Waals surface area contributed by atoms with Gasteiger partial charge in [0.2, 0.25) is 0 Å². The maximum absolute atomic E-state index is 13.6. The van der Waals surface area contributed by atoms with Gasteiger partial charge in [-0.15, -0.1) is 0 Å². The number of urea groups is 1. The Bertz CT molecular complexity index is 812. The molecule has 0 N–H and O–H groups in total. The van der Waals surface area contributed by atoms with E-state index in [2.05, 4.69) is 57.7 Å². The lowest BCUT2D eigenvalue weighted by Crippen LogP contribution is -2.55. The molecule has 1 aromatic rings. The van der Waals surface area contributed by atoms with Crippen LogP contribution in [0.4, 0.5) is 10.5 Å². The Kier molecular flexibility index (Phi) is 6.47. The van der Waals surface area contributed by atoms with Crippen LogP contribution in [0.25, 0.3) is 0 Å². The standard InChI is InChI=1S/C27H42N4O2/c1-4-33-24-9-7-23(8-10-24)31-19-21-17-27(2,3)25(31)20-30(18-21)26(32)29-15-11-22(12-16-29)28-13-5-6-14-28/h7-10,21-22,25H,4-6,11-20H2,1-3H3. The van der Waals surface area contributed by atoms with Crippen LogP contribution in [0.5, 0.6) is 5.75 Å². The molecule has 5 aliphatic heterocycles. The highest BCUT2D eigenvalue weighted by atomic mass is 16.5. The van der Waals surface area contributed by atoms with Gasteiger partial charge in [0.25, 0.3) is 0 Å². The number of hydrogen-bond acceptors (Lipinski definition) is 4. The largest absolute Gasteiger partial charge is 0.494 e. The van der Waals surface area contributed by atoms with Crippen molar-refractivity contribution in [1.82, 2.24) is 14.7 Å². The molecule has 0 spiro atoms. The summed E-state index contributed by atoms with van der Waals surface area (Å²) >= 11 is 0. The fourth-order valence-electron chi connectivity index (χ4n) is 6.91. The van der Waals surface area contributed by atoms with Crippen molar-refractivity contribution in [2.24, 2.45) is 11.3 Å². The lowest BCUT2D eigenvalue weighted by atomic mass is 9.73. The number of nitrogens with zero attached hydrogens (tertiary/aromatic N) is 4. The second kappa shape index (κ2) is 9.36. The van der Waals surface area contributed by atoms with Crippen molar-refractivity contribution in [3.8, 4) is 5.75 Å². The first-order valence-electron chi connectivity index (χ1n) is 13.2. The van der Waals surface area contributed by atoms with Crippen LogP contribution in [0, 0.1) is 11.3 Å². The van der Waals surface area contributed by atoms with E-state index >= 15 is 0 Å². The van der Waals surface area contributed by atoms with E-state index in [4.69, 9.17) is 4.74 Å². The van der Waals surface area contributed by atoms with Gasteiger partial charge in [-0.05, 0) is 87.7 Å². The lowest BCUT2D eigenvalue weighted by Gasteiger charge is -2.48. The van der Waals surface area contributed by atoms with E-state index < -0.39 is 0 Å². The van der Waals surface area contributed by atoms with Crippen LogP contribution >= 0.6 is 0 Å². The van der Waals surface area contributed by atoms with E-state index in [0.29, 0.717) is 24.6 Å². The topological polar surface area (TPSA) is 39.3 Å². The normalized spacial score (nSPS) is 28.3. The number of carbonyl (C=O) groups is 1. The van der Waals surface area contributed by atoms with E-state index in [1.807, 2.05) is 6.92 Å². The quantitative estimate of drug-likeness (QED) is 0.680. The van der Waals surface area contributed by atoms with E-state index in [9.17, 15) is 4.79 Å². The van der Waals surface area contributed by atoms with Gasteiger partial charge in [0.1, 0.15) is 5.75 Å². The summed E-state index contributed by atoms with van der Waals surface area (Å²) in [5, 5.41) is 0. The van der Waals surface area contributed by atoms with Gasteiger partial charge in [0, 0.05) is 44.5 Å². The van der Waals surface area contributed by atoms with Crippen LogP contribution < -0.4 is 9.64 Å². The Morgan fingerprint density at radius 2 is 1.67 bits per heavy atom. The van der Waals surface area contributed by atoms with Gasteiger partial charge >= 0.3 is 6.03 Å². The van der Waals surface area contributed by atoms with Crippen LogP contribution in [-0.4, -0.2) is 85.2 Å². The minimum atomic E-state index is 0.180. The molecule has 0 saturated carbocycles. The molecular weight excluding hydrogens is 412 g/mol.